The van der Waals surface area contributed by atoms with Gasteiger partial charge in [-0.05, 0) is 25.0 Å². The minimum atomic E-state index is -0.306. The van der Waals surface area contributed by atoms with Crippen molar-refractivity contribution in [3.8, 4) is 0 Å². The number of pyridine rings is 1. The van der Waals surface area contributed by atoms with Gasteiger partial charge in [0.15, 0.2) is 0 Å². The molecule has 0 saturated carbocycles. The van der Waals surface area contributed by atoms with Crippen LogP contribution in [0.5, 0.6) is 0 Å². The molecule has 1 aromatic heterocycles. The van der Waals surface area contributed by atoms with Gasteiger partial charge in [-0.25, -0.2) is 0 Å². The molecule has 2 amide bonds. The van der Waals surface area contributed by atoms with Crippen LogP contribution < -0.4 is 5.56 Å². The Hall–Kier alpha value is -2.11. The molecule has 6 heteroatoms. The predicted molar refractivity (Wildman–Crippen MR) is 86.3 cm³/mol. The first-order chi connectivity index (χ1) is 10.9. The maximum absolute atomic E-state index is 12.7. The second-order valence-electron chi connectivity index (χ2n) is 6.68. The number of carbonyl (C=O) groups excluding carboxylic acids is 2. The largest absolute Gasteiger partial charge is 0.342 e. The van der Waals surface area contributed by atoms with Crippen LogP contribution in [0.25, 0.3) is 0 Å². The fourth-order valence-electron chi connectivity index (χ4n) is 3.78. The molecule has 2 aliphatic heterocycles. The molecule has 23 heavy (non-hydrogen) atoms. The zero-order valence-corrected chi connectivity index (χ0v) is 13.9. The van der Waals surface area contributed by atoms with E-state index in [0.717, 1.165) is 17.7 Å². The number of hydrogen-bond donors (Lipinski definition) is 1. The van der Waals surface area contributed by atoms with Crippen molar-refractivity contribution >= 4 is 11.8 Å². The monoisotopic (exact) mass is 317 g/mol. The number of rotatable bonds is 2. The topological polar surface area (TPSA) is 73.5 Å². The standard InChI is InChI=1S/C17H23N3O3/c1-4-15-10(2)5-14(16(22)18-15)17(23)20-8-12-6-19(11(3)21)7-13(12)9-20/h5,12-13H,4,6-9H2,1-3H3,(H,18,22)/t12-,13+. The number of aromatic nitrogens is 1. The first-order valence-corrected chi connectivity index (χ1v) is 8.18. The van der Waals surface area contributed by atoms with E-state index in [2.05, 4.69) is 4.98 Å². The van der Waals surface area contributed by atoms with Gasteiger partial charge in [0, 0.05) is 50.6 Å². The summed E-state index contributed by atoms with van der Waals surface area (Å²) in [6.07, 6.45) is 0.740. The molecule has 124 valence electrons. The van der Waals surface area contributed by atoms with E-state index in [1.54, 1.807) is 17.9 Å². The van der Waals surface area contributed by atoms with E-state index in [4.69, 9.17) is 0 Å². The van der Waals surface area contributed by atoms with Crippen LogP contribution >= 0.6 is 0 Å². The lowest BCUT2D eigenvalue weighted by molar-refractivity contribution is -0.128. The van der Waals surface area contributed by atoms with Crippen LogP contribution in [0.2, 0.25) is 0 Å². The molecule has 1 aromatic rings. The summed E-state index contributed by atoms with van der Waals surface area (Å²) in [5.41, 5.74) is 1.74. The van der Waals surface area contributed by atoms with Crippen LogP contribution in [0.4, 0.5) is 0 Å². The number of likely N-dealkylation sites (tertiary alicyclic amines) is 2. The average Bonchev–Trinajstić information content (AvgIpc) is 3.07. The third kappa shape index (κ3) is 2.78. The highest BCUT2D eigenvalue weighted by Crippen LogP contribution is 2.31. The van der Waals surface area contributed by atoms with Gasteiger partial charge in [-0.3, -0.25) is 14.4 Å². The van der Waals surface area contributed by atoms with Crippen molar-refractivity contribution in [2.45, 2.75) is 27.2 Å². The van der Waals surface area contributed by atoms with E-state index in [0.29, 0.717) is 38.0 Å². The van der Waals surface area contributed by atoms with E-state index in [-0.39, 0.29) is 22.9 Å². The van der Waals surface area contributed by atoms with Crippen molar-refractivity contribution in [3.63, 3.8) is 0 Å². The van der Waals surface area contributed by atoms with Gasteiger partial charge in [0.2, 0.25) is 5.91 Å². The van der Waals surface area contributed by atoms with Crippen LogP contribution in [0.1, 0.15) is 35.5 Å². The molecule has 3 rings (SSSR count). The number of hydrogen-bond acceptors (Lipinski definition) is 3. The minimum absolute atomic E-state index is 0.0968. The van der Waals surface area contributed by atoms with Crippen molar-refractivity contribution in [1.29, 1.82) is 0 Å². The maximum Gasteiger partial charge on any atom is 0.261 e. The van der Waals surface area contributed by atoms with E-state index in [9.17, 15) is 14.4 Å². The number of aromatic amines is 1. The Morgan fingerprint density at radius 3 is 2.26 bits per heavy atom. The summed E-state index contributed by atoms with van der Waals surface area (Å²) < 4.78 is 0. The van der Waals surface area contributed by atoms with Crippen molar-refractivity contribution in [2.24, 2.45) is 11.8 Å². The van der Waals surface area contributed by atoms with Gasteiger partial charge in [0.1, 0.15) is 5.56 Å². The summed E-state index contributed by atoms with van der Waals surface area (Å²) in [5, 5.41) is 0. The summed E-state index contributed by atoms with van der Waals surface area (Å²) in [6, 6.07) is 1.70. The van der Waals surface area contributed by atoms with Crippen LogP contribution in [-0.2, 0) is 11.2 Å². The molecule has 2 aliphatic rings. The van der Waals surface area contributed by atoms with Crippen molar-refractivity contribution in [2.75, 3.05) is 26.2 Å². The van der Waals surface area contributed by atoms with Crippen LogP contribution in [-0.4, -0.2) is 52.8 Å². The molecule has 1 N–H and O–H groups in total. The average molecular weight is 317 g/mol. The zero-order chi connectivity index (χ0) is 16.7. The number of amides is 2. The lowest BCUT2D eigenvalue weighted by atomic mass is 10.0. The molecule has 3 heterocycles. The van der Waals surface area contributed by atoms with Gasteiger partial charge in [-0.1, -0.05) is 6.92 Å². The fraction of sp³-hybridized carbons (Fsp3) is 0.588. The van der Waals surface area contributed by atoms with Crippen molar-refractivity contribution in [3.05, 3.63) is 33.2 Å². The second-order valence-corrected chi connectivity index (χ2v) is 6.68. The summed E-state index contributed by atoms with van der Waals surface area (Å²) in [5.74, 6) is 0.566. The minimum Gasteiger partial charge on any atom is -0.342 e. The van der Waals surface area contributed by atoms with Gasteiger partial charge in [0.05, 0.1) is 0 Å². The third-order valence-electron chi connectivity index (χ3n) is 5.15. The van der Waals surface area contributed by atoms with E-state index in [1.165, 1.54) is 0 Å². The molecular weight excluding hydrogens is 294 g/mol. The molecule has 2 atom stereocenters. The fourth-order valence-corrected chi connectivity index (χ4v) is 3.78. The Morgan fingerprint density at radius 2 is 1.74 bits per heavy atom. The highest BCUT2D eigenvalue weighted by atomic mass is 16.2. The predicted octanol–water partition coefficient (Wildman–Crippen LogP) is 0.796. The van der Waals surface area contributed by atoms with Crippen molar-refractivity contribution < 1.29 is 9.59 Å². The Kier molecular flexibility index (Phi) is 4.00. The normalized spacial score (nSPS) is 23.3. The Balaban J connectivity index is 1.75. The van der Waals surface area contributed by atoms with Gasteiger partial charge < -0.3 is 14.8 Å². The van der Waals surface area contributed by atoms with E-state index >= 15 is 0 Å². The molecule has 6 nitrogen and oxygen atoms in total. The number of nitrogens with zero attached hydrogens (tertiary/aromatic N) is 2. The van der Waals surface area contributed by atoms with E-state index < -0.39 is 0 Å². The molecule has 2 saturated heterocycles. The second kappa shape index (κ2) is 5.83. The highest BCUT2D eigenvalue weighted by Gasteiger charge is 2.42. The highest BCUT2D eigenvalue weighted by molar-refractivity contribution is 5.94. The summed E-state index contributed by atoms with van der Waals surface area (Å²) >= 11 is 0. The third-order valence-corrected chi connectivity index (χ3v) is 5.15. The lowest BCUT2D eigenvalue weighted by Gasteiger charge is -2.21. The smallest absolute Gasteiger partial charge is 0.261 e. The van der Waals surface area contributed by atoms with Crippen LogP contribution in [0.15, 0.2) is 10.9 Å². The molecule has 2 fully saturated rings. The lowest BCUT2D eigenvalue weighted by Crippen LogP contribution is -2.37. The number of carbonyl (C=O) groups is 2. The Morgan fingerprint density at radius 1 is 1.17 bits per heavy atom. The zero-order valence-electron chi connectivity index (χ0n) is 13.9. The number of H-pyrrole nitrogens is 1. The van der Waals surface area contributed by atoms with E-state index in [1.807, 2.05) is 18.7 Å². The van der Waals surface area contributed by atoms with Crippen LogP contribution in [0, 0.1) is 18.8 Å². The molecule has 0 aliphatic carbocycles. The Bertz CT molecular complexity index is 696. The SMILES string of the molecule is CCc1[nH]c(=O)c(C(=O)N2C[C@H]3CN(C(C)=O)C[C@H]3C2)cc1C. The van der Waals surface area contributed by atoms with Gasteiger partial charge in [-0.2, -0.15) is 0 Å². The number of nitrogens with one attached hydrogen (secondary N) is 1. The first kappa shape index (κ1) is 15.8. The molecule has 0 bridgehead atoms. The molecule has 0 radical (unpaired) electrons. The molecular formula is C17H23N3O3. The van der Waals surface area contributed by atoms with Gasteiger partial charge in [0.25, 0.3) is 11.5 Å². The summed E-state index contributed by atoms with van der Waals surface area (Å²) in [7, 11) is 0. The van der Waals surface area contributed by atoms with Gasteiger partial charge in [-0.15, -0.1) is 0 Å². The van der Waals surface area contributed by atoms with Crippen LogP contribution in [0.3, 0.4) is 0 Å². The summed E-state index contributed by atoms with van der Waals surface area (Å²) in [6.45, 7) is 8.16. The van der Waals surface area contributed by atoms with Gasteiger partial charge >= 0.3 is 0 Å². The maximum atomic E-state index is 12.7. The quantitative estimate of drug-likeness (QED) is 0.877. The number of fused-ring (bicyclic) bond motifs is 1. The van der Waals surface area contributed by atoms with Crippen molar-refractivity contribution in [1.82, 2.24) is 14.8 Å². The first-order valence-electron chi connectivity index (χ1n) is 8.18. The molecule has 0 unspecified atom stereocenters. The summed E-state index contributed by atoms with van der Waals surface area (Å²) in [4.78, 5) is 42.8. The molecule has 0 aromatic carbocycles. The Labute approximate surface area is 135 Å². The molecule has 0 spiro atoms. The number of aryl methyl sites for hydroxylation is 2.